The Balaban J connectivity index is 2.68. The van der Waals surface area contributed by atoms with E-state index in [0.717, 1.165) is 19.6 Å². The average Bonchev–Trinajstić information content (AvgIpc) is 2.58. The van der Waals surface area contributed by atoms with E-state index in [1.165, 1.54) is 17.0 Å². The Kier molecular flexibility index (Phi) is 8.66. The Labute approximate surface area is 152 Å². The molecule has 0 unspecified atom stereocenters. The Bertz CT molecular complexity index is 646. The highest BCUT2D eigenvalue weighted by molar-refractivity contribution is 5.95. The minimum absolute atomic E-state index is 0.0512. The van der Waals surface area contributed by atoms with Crippen molar-refractivity contribution in [1.82, 2.24) is 0 Å². The number of hydrogen-bond donors (Lipinski definition) is 3. The standard InChI is InChI=1S/C17H26N4O5/c1-4-20(5-2)9-8-18-14(17(23)24)11-16(22)19-13-7-6-12(3)10-15(13)21(25)26/h6-7,10,14,18H,4-5,8-9,11H2,1-3H3,(H,19,22)(H,23,24)/p+1/t14-/m0/s1. The summed E-state index contributed by atoms with van der Waals surface area (Å²) in [4.78, 5) is 35.3. The number of aryl methyl sites for hydroxylation is 1. The number of amides is 1. The number of hydrogen-bond acceptors (Lipinski definition) is 5. The van der Waals surface area contributed by atoms with Crippen molar-refractivity contribution >= 4 is 23.3 Å². The molecule has 0 fully saturated rings. The van der Waals surface area contributed by atoms with Crippen molar-refractivity contribution in [2.24, 2.45) is 0 Å². The van der Waals surface area contributed by atoms with Crippen LogP contribution in [0.15, 0.2) is 18.2 Å². The van der Waals surface area contributed by atoms with Crippen molar-refractivity contribution in [2.45, 2.75) is 33.2 Å². The normalized spacial score (nSPS) is 12.0. The largest absolute Gasteiger partial charge is 0.544 e. The van der Waals surface area contributed by atoms with Crippen LogP contribution in [0.4, 0.5) is 11.4 Å². The third-order valence-corrected chi connectivity index (χ3v) is 4.28. The highest BCUT2D eigenvalue weighted by atomic mass is 16.6. The molecule has 1 amide bonds. The van der Waals surface area contributed by atoms with Crippen LogP contribution in [0.5, 0.6) is 0 Å². The van der Waals surface area contributed by atoms with E-state index < -0.39 is 22.8 Å². The molecule has 0 bridgehead atoms. The molecule has 0 saturated carbocycles. The molecule has 0 aliphatic heterocycles. The lowest BCUT2D eigenvalue weighted by molar-refractivity contribution is -0.910. The van der Waals surface area contributed by atoms with Gasteiger partial charge in [-0.2, -0.15) is 0 Å². The molecule has 1 atom stereocenters. The summed E-state index contributed by atoms with van der Waals surface area (Å²) in [7, 11) is 0. The molecule has 0 spiro atoms. The van der Waals surface area contributed by atoms with Crippen LogP contribution in [0.25, 0.3) is 0 Å². The molecule has 4 N–H and O–H groups in total. The van der Waals surface area contributed by atoms with Gasteiger partial charge in [0.2, 0.25) is 5.91 Å². The zero-order valence-electron chi connectivity index (χ0n) is 15.4. The minimum atomic E-state index is -1.33. The van der Waals surface area contributed by atoms with Gasteiger partial charge in [0.25, 0.3) is 5.69 Å². The molecule has 0 aromatic heterocycles. The van der Waals surface area contributed by atoms with E-state index in [9.17, 15) is 24.8 Å². The molecule has 1 aromatic rings. The van der Waals surface area contributed by atoms with Gasteiger partial charge in [-0.25, -0.2) is 0 Å². The van der Waals surface area contributed by atoms with Gasteiger partial charge in [-0.1, -0.05) is 6.07 Å². The van der Waals surface area contributed by atoms with Crippen LogP contribution in [-0.4, -0.2) is 49.0 Å². The summed E-state index contributed by atoms with van der Waals surface area (Å²) >= 11 is 0. The number of carbonyl (C=O) groups is 2. The Morgan fingerprint density at radius 1 is 1.31 bits per heavy atom. The van der Waals surface area contributed by atoms with E-state index in [2.05, 4.69) is 19.2 Å². The second-order valence-electron chi connectivity index (χ2n) is 6.19. The summed E-state index contributed by atoms with van der Waals surface area (Å²) < 4.78 is 0. The number of likely N-dealkylation sites (N-methyl/N-ethyl adjacent to an activating group) is 1. The van der Waals surface area contributed by atoms with Crippen molar-refractivity contribution in [1.29, 1.82) is 0 Å². The number of aliphatic carboxylic acids is 1. The fourth-order valence-corrected chi connectivity index (χ4v) is 2.65. The van der Waals surface area contributed by atoms with Crippen LogP contribution in [0.2, 0.25) is 0 Å². The topological polar surface area (TPSA) is 133 Å². The van der Waals surface area contributed by atoms with Gasteiger partial charge in [-0.05, 0) is 32.4 Å². The van der Waals surface area contributed by atoms with Crippen molar-refractivity contribution < 1.29 is 29.8 Å². The van der Waals surface area contributed by atoms with Gasteiger partial charge >= 0.3 is 0 Å². The first kappa shape index (κ1) is 21.5. The van der Waals surface area contributed by atoms with Crippen LogP contribution >= 0.6 is 0 Å². The predicted molar refractivity (Wildman–Crippen MR) is 93.6 cm³/mol. The Morgan fingerprint density at radius 2 is 1.96 bits per heavy atom. The quantitative estimate of drug-likeness (QED) is 0.303. The molecular formula is C17H27N4O5+. The molecule has 9 heteroatoms. The van der Waals surface area contributed by atoms with Crippen molar-refractivity contribution in [2.75, 3.05) is 31.5 Å². The summed E-state index contributed by atoms with van der Waals surface area (Å²) in [5.74, 6) is -1.93. The van der Waals surface area contributed by atoms with Gasteiger partial charge in [0.15, 0.2) is 0 Å². The number of carboxylic acid groups (broad SMARTS) is 1. The van der Waals surface area contributed by atoms with Crippen LogP contribution in [0, 0.1) is 17.0 Å². The third-order valence-electron chi connectivity index (χ3n) is 4.28. The number of anilines is 1. The number of carbonyl (C=O) groups excluding carboxylic acids is 2. The van der Waals surface area contributed by atoms with E-state index in [4.69, 9.17) is 0 Å². The lowest BCUT2D eigenvalue weighted by Gasteiger charge is -2.19. The van der Waals surface area contributed by atoms with Crippen LogP contribution in [-0.2, 0) is 9.59 Å². The molecule has 0 aliphatic carbocycles. The fraction of sp³-hybridized carbons (Fsp3) is 0.529. The second kappa shape index (κ2) is 10.5. The molecule has 1 aromatic carbocycles. The average molecular weight is 367 g/mol. The number of benzene rings is 1. The maximum Gasteiger partial charge on any atom is 0.293 e. The number of quaternary nitrogens is 2. The number of nitro groups is 1. The highest BCUT2D eigenvalue weighted by Crippen LogP contribution is 2.25. The minimum Gasteiger partial charge on any atom is -0.544 e. The summed E-state index contributed by atoms with van der Waals surface area (Å²) in [6, 6.07) is 3.39. The monoisotopic (exact) mass is 367 g/mol. The maximum absolute atomic E-state index is 12.1. The lowest BCUT2D eigenvalue weighted by atomic mass is 10.1. The summed E-state index contributed by atoms with van der Waals surface area (Å²) in [6.07, 6.45) is -0.319. The van der Waals surface area contributed by atoms with Crippen molar-refractivity contribution in [3.8, 4) is 0 Å². The molecule has 9 nitrogen and oxygen atoms in total. The summed E-state index contributed by atoms with van der Waals surface area (Å²) in [5.41, 5.74) is 0.516. The zero-order valence-corrected chi connectivity index (χ0v) is 15.4. The van der Waals surface area contributed by atoms with E-state index >= 15 is 0 Å². The first-order chi connectivity index (χ1) is 12.3. The van der Waals surface area contributed by atoms with Gasteiger partial charge in [0.05, 0.1) is 30.4 Å². The lowest BCUT2D eigenvalue weighted by Crippen LogP contribution is -3.14. The number of nitrogens with zero attached hydrogens (tertiary/aromatic N) is 1. The molecule has 0 saturated heterocycles. The molecule has 0 aliphatic rings. The first-order valence-electron chi connectivity index (χ1n) is 8.71. The Morgan fingerprint density at radius 3 is 2.50 bits per heavy atom. The zero-order chi connectivity index (χ0) is 19.7. The third kappa shape index (κ3) is 6.77. The first-order valence-corrected chi connectivity index (χ1v) is 8.71. The molecule has 144 valence electrons. The van der Waals surface area contributed by atoms with Crippen LogP contribution in [0.3, 0.4) is 0 Å². The van der Waals surface area contributed by atoms with Crippen molar-refractivity contribution in [3.63, 3.8) is 0 Å². The summed E-state index contributed by atoms with van der Waals surface area (Å²) in [5, 5.41) is 26.4. The second-order valence-corrected chi connectivity index (χ2v) is 6.19. The summed E-state index contributed by atoms with van der Waals surface area (Å²) in [6.45, 7) is 9.02. The van der Waals surface area contributed by atoms with Crippen molar-refractivity contribution in [3.05, 3.63) is 33.9 Å². The number of nitrogens with two attached hydrogens (primary N) is 1. The van der Waals surface area contributed by atoms with Gasteiger partial charge in [0.1, 0.15) is 24.8 Å². The fourth-order valence-electron chi connectivity index (χ4n) is 2.65. The molecular weight excluding hydrogens is 340 g/mol. The Hall–Kier alpha value is -2.52. The van der Waals surface area contributed by atoms with E-state index in [1.54, 1.807) is 18.3 Å². The predicted octanol–water partition coefficient (Wildman–Crippen LogP) is -2.16. The number of rotatable bonds is 11. The number of nitrogens with one attached hydrogen (secondary N) is 2. The maximum atomic E-state index is 12.1. The molecule has 0 radical (unpaired) electrons. The van der Waals surface area contributed by atoms with Gasteiger partial charge in [-0.3, -0.25) is 14.9 Å². The SMILES string of the molecule is CC[NH+](CC)CC[NH2+][C@@H](CC(=O)Nc1ccc(C)cc1[N+](=O)[O-])C(=O)[O-]. The molecule has 1 rings (SSSR count). The van der Waals surface area contributed by atoms with E-state index in [-0.39, 0.29) is 17.8 Å². The number of carboxylic acids is 1. The van der Waals surface area contributed by atoms with Crippen LogP contribution in [0.1, 0.15) is 25.8 Å². The number of nitro benzene ring substituents is 1. The van der Waals surface area contributed by atoms with Gasteiger partial charge in [0, 0.05) is 6.07 Å². The van der Waals surface area contributed by atoms with Gasteiger partial charge in [-0.15, -0.1) is 0 Å². The van der Waals surface area contributed by atoms with Crippen LogP contribution < -0.4 is 20.6 Å². The molecule has 26 heavy (non-hydrogen) atoms. The highest BCUT2D eigenvalue weighted by Gasteiger charge is 2.21. The van der Waals surface area contributed by atoms with E-state index in [0.29, 0.717) is 12.1 Å². The van der Waals surface area contributed by atoms with E-state index in [1.807, 2.05) is 0 Å². The molecule has 0 heterocycles. The smallest absolute Gasteiger partial charge is 0.293 e. The van der Waals surface area contributed by atoms with Gasteiger partial charge < -0.3 is 25.4 Å².